The predicted octanol–water partition coefficient (Wildman–Crippen LogP) is 0.502. The molecule has 1 saturated heterocycles. The van der Waals surface area contributed by atoms with Crippen molar-refractivity contribution >= 4 is 12.0 Å². The van der Waals surface area contributed by atoms with Gasteiger partial charge in [-0.3, -0.25) is 4.79 Å². The average Bonchev–Trinajstić information content (AvgIpc) is 2.56. The Bertz CT molecular complexity index is 240. The smallest absolute Gasteiger partial charge is 0.314 e. The first kappa shape index (κ1) is 12.2. The molecule has 5 heteroatoms. The highest BCUT2D eigenvalue weighted by atomic mass is 16.4. The van der Waals surface area contributed by atoms with Crippen molar-refractivity contribution in [1.29, 1.82) is 0 Å². The Morgan fingerprint density at radius 2 is 2.00 bits per heavy atom. The largest absolute Gasteiger partial charge is 0.481 e. The van der Waals surface area contributed by atoms with Crippen molar-refractivity contribution in [3.05, 3.63) is 24.8 Å². The summed E-state index contributed by atoms with van der Waals surface area (Å²) < 4.78 is 0. The molecule has 0 atom stereocenters. The lowest BCUT2D eigenvalue weighted by molar-refractivity contribution is -0.136. The molecular formula is C9H14N2O3. The van der Waals surface area contributed by atoms with E-state index in [4.69, 9.17) is 5.11 Å². The van der Waals surface area contributed by atoms with Gasteiger partial charge in [-0.15, -0.1) is 0 Å². The molecule has 1 rings (SSSR count). The molecule has 0 saturated carbocycles. The van der Waals surface area contributed by atoms with Crippen molar-refractivity contribution in [2.45, 2.75) is 6.42 Å². The van der Waals surface area contributed by atoms with Gasteiger partial charge < -0.3 is 15.7 Å². The number of aliphatic carboxylic acids is 1. The topological polar surface area (TPSA) is 78.4 Å². The molecular weight excluding hydrogens is 184 g/mol. The molecule has 0 aromatic heterocycles. The number of nitrogens with one attached hydrogen (secondary N) is 2. The summed E-state index contributed by atoms with van der Waals surface area (Å²) in [5.41, 5.74) is 0.539. The normalized spacial score (nSPS) is 13.0. The number of carbonyl (C=O) groups excluding carboxylic acids is 1. The van der Waals surface area contributed by atoms with Crippen LogP contribution in [0.5, 0.6) is 0 Å². The Kier molecular flexibility index (Phi) is 5.85. The third-order valence-electron chi connectivity index (χ3n) is 1.36. The first-order valence-electron chi connectivity index (χ1n) is 4.10. The van der Waals surface area contributed by atoms with E-state index in [0.29, 0.717) is 5.57 Å². The molecule has 2 amide bonds. The summed E-state index contributed by atoms with van der Waals surface area (Å²) in [4.78, 5) is 19.9. The van der Waals surface area contributed by atoms with Crippen molar-refractivity contribution in [2.75, 3.05) is 13.1 Å². The van der Waals surface area contributed by atoms with Gasteiger partial charge in [-0.25, -0.2) is 4.79 Å². The van der Waals surface area contributed by atoms with E-state index < -0.39 is 5.97 Å². The molecule has 0 unspecified atom stereocenters. The van der Waals surface area contributed by atoms with Gasteiger partial charge in [0.2, 0.25) is 0 Å². The number of hydrogen-bond donors (Lipinski definition) is 3. The molecule has 0 aliphatic carbocycles. The van der Waals surface area contributed by atoms with Crippen LogP contribution in [0.3, 0.4) is 0 Å². The molecule has 1 heterocycles. The van der Waals surface area contributed by atoms with Gasteiger partial charge in [0.25, 0.3) is 0 Å². The van der Waals surface area contributed by atoms with Crippen LogP contribution in [0.2, 0.25) is 0 Å². The maximum atomic E-state index is 10.0. The molecule has 14 heavy (non-hydrogen) atoms. The van der Waals surface area contributed by atoms with E-state index in [0.717, 1.165) is 13.1 Å². The monoisotopic (exact) mass is 198 g/mol. The Balaban J connectivity index is 0.000000249. The number of hydrogen-bond acceptors (Lipinski definition) is 2. The molecule has 3 N–H and O–H groups in total. The second-order valence-corrected chi connectivity index (χ2v) is 2.62. The summed E-state index contributed by atoms with van der Waals surface area (Å²) >= 11 is 0. The summed E-state index contributed by atoms with van der Waals surface area (Å²) in [7, 11) is 0. The van der Waals surface area contributed by atoms with Crippen molar-refractivity contribution in [2.24, 2.45) is 0 Å². The molecule has 0 bridgehead atoms. The van der Waals surface area contributed by atoms with Crippen LogP contribution in [-0.2, 0) is 4.79 Å². The Morgan fingerprint density at radius 1 is 1.50 bits per heavy atom. The van der Waals surface area contributed by atoms with Crippen LogP contribution in [0.4, 0.5) is 4.79 Å². The first-order chi connectivity index (χ1) is 6.56. The lowest BCUT2D eigenvalue weighted by Gasteiger charge is -1.88. The quantitative estimate of drug-likeness (QED) is 0.578. The van der Waals surface area contributed by atoms with Crippen LogP contribution < -0.4 is 10.6 Å². The maximum Gasteiger partial charge on any atom is 0.314 e. The number of amides is 2. The van der Waals surface area contributed by atoms with Crippen molar-refractivity contribution in [1.82, 2.24) is 10.6 Å². The second-order valence-electron chi connectivity index (χ2n) is 2.62. The number of urea groups is 1. The maximum absolute atomic E-state index is 10.0. The fourth-order valence-corrected chi connectivity index (χ4v) is 0.681. The third-order valence-corrected chi connectivity index (χ3v) is 1.36. The highest BCUT2D eigenvalue weighted by Crippen LogP contribution is 1.96. The number of allylic oxidation sites excluding steroid dienone is 1. The van der Waals surface area contributed by atoms with Crippen LogP contribution >= 0.6 is 0 Å². The molecule has 1 aliphatic heterocycles. The molecule has 5 nitrogen and oxygen atoms in total. The molecule has 1 aliphatic rings. The van der Waals surface area contributed by atoms with Gasteiger partial charge in [0, 0.05) is 13.1 Å². The van der Waals surface area contributed by atoms with Gasteiger partial charge in [0.1, 0.15) is 0 Å². The average molecular weight is 198 g/mol. The summed E-state index contributed by atoms with van der Waals surface area (Å²) in [6, 6.07) is -0.0463. The molecule has 0 radical (unpaired) electrons. The molecule has 1 fully saturated rings. The second kappa shape index (κ2) is 6.71. The first-order valence-corrected chi connectivity index (χ1v) is 4.10. The van der Waals surface area contributed by atoms with Gasteiger partial charge in [-0.2, -0.15) is 0 Å². The SMILES string of the molecule is C=CC(=C)CC(=O)O.O=C1NCCN1. The minimum atomic E-state index is -0.866. The van der Waals surface area contributed by atoms with E-state index in [-0.39, 0.29) is 12.5 Å². The molecule has 0 aromatic rings. The van der Waals surface area contributed by atoms with Gasteiger partial charge in [-0.05, 0) is 5.57 Å². The van der Waals surface area contributed by atoms with E-state index in [1.54, 1.807) is 0 Å². The van der Waals surface area contributed by atoms with Gasteiger partial charge >= 0.3 is 12.0 Å². The van der Waals surface area contributed by atoms with E-state index in [1.807, 2.05) is 0 Å². The van der Waals surface area contributed by atoms with Crippen molar-refractivity contribution in [3.63, 3.8) is 0 Å². The molecule has 0 spiro atoms. The van der Waals surface area contributed by atoms with E-state index in [1.165, 1.54) is 6.08 Å². The fraction of sp³-hybridized carbons (Fsp3) is 0.333. The summed E-state index contributed by atoms with van der Waals surface area (Å²) in [5.74, 6) is -0.866. The fourth-order valence-electron chi connectivity index (χ4n) is 0.681. The zero-order chi connectivity index (χ0) is 11.0. The highest BCUT2D eigenvalue weighted by Gasteiger charge is 2.03. The lowest BCUT2D eigenvalue weighted by atomic mass is 10.2. The molecule has 0 aromatic carbocycles. The van der Waals surface area contributed by atoms with E-state index in [2.05, 4.69) is 23.8 Å². The highest BCUT2D eigenvalue weighted by molar-refractivity contribution is 5.75. The van der Waals surface area contributed by atoms with E-state index >= 15 is 0 Å². The summed E-state index contributed by atoms with van der Waals surface area (Å²) in [6.07, 6.45) is 1.43. The van der Waals surface area contributed by atoms with Crippen LogP contribution in [0.25, 0.3) is 0 Å². The van der Waals surface area contributed by atoms with Crippen LogP contribution in [0.1, 0.15) is 6.42 Å². The number of rotatable bonds is 3. The van der Waals surface area contributed by atoms with Crippen molar-refractivity contribution < 1.29 is 14.7 Å². The standard InChI is InChI=1S/C6H8O2.C3H6N2O/c1-3-5(2)4-6(7)8;6-3-4-1-2-5-3/h3H,1-2,4H2,(H,7,8);1-2H2,(H2,4,5,6). The van der Waals surface area contributed by atoms with Gasteiger partial charge in [0.05, 0.1) is 6.42 Å². The molecule has 78 valence electrons. The minimum absolute atomic E-state index is 0.0104. The van der Waals surface area contributed by atoms with Crippen molar-refractivity contribution in [3.8, 4) is 0 Å². The number of carboxylic acids is 1. The number of carboxylic acid groups (broad SMARTS) is 1. The Hall–Kier alpha value is -1.78. The summed E-state index contributed by atoms with van der Waals surface area (Å²) in [6.45, 7) is 8.32. The third kappa shape index (κ3) is 6.90. The Morgan fingerprint density at radius 3 is 2.14 bits per heavy atom. The number of carbonyl (C=O) groups is 2. The zero-order valence-electron chi connectivity index (χ0n) is 7.88. The lowest BCUT2D eigenvalue weighted by Crippen LogP contribution is -2.20. The van der Waals surface area contributed by atoms with Gasteiger partial charge in [0.15, 0.2) is 0 Å². The van der Waals surface area contributed by atoms with Crippen LogP contribution in [0.15, 0.2) is 24.8 Å². The van der Waals surface area contributed by atoms with Crippen LogP contribution in [-0.4, -0.2) is 30.2 Å². The zero-order valence-corrected chi connectivity index (χ0v) is 7.88. The predicted molar refractivity (Wildman–Crippen MR) is 53.0 cm³/mol. The summed E-state index contributed by atoms with van der Waals surface area (Å²) in [5, 5.41) is 13.2. The van der Waals surface area contributed by atoms with E-state index in [9.17, 15) is 9.59 Å². The minimum Gasteiger partial charge on any atom is -0.481 e. The van der Waals surface area contributed by atoms with Gasteiger partial charge in [-0.1, -0.05) is 19.2 Å². The Labute approximate surface area is 82.5 Å². The van der Waals surface area contributed by atoms with Crippen LogP contribution in [0, 0.1) is 0 Å².